The van der Waals surface area contributed by atoms with E-state index in [4.69, 9.17) is 0 Å². The lowest BCUT2D eigenvalue weighted by Crippen LogP contribution is -2.36. The van der Waals surface area contributed by atoms with Crippen molar-refractivity contribution in [2.45, 2.75) is 19.8 Å². The monoisotopic (exact) mass is 280 g/mol. The smallest absolute Gasteiger partial charge is 0.166 e. The van der Waals surface area contributed by atoms with Crippen molar-refractivity contribution in [2.75, 3.05) is 18.0 Å². The minimum atomic E-state index is 0.147. The minimum absolute atomic E-state index is 0.147. The molecule has 0 radical (unpaired) electrons. The van der Waals surface area contributed by atoms with E-state index in [1.54, 1.807) is 0 Å². The van der Waals surface area contributed by atoms with Crippen molar-refractivity contribution >= 4 is 11.6 Å². The van der Waals surface area contributed by atoms with Crippen molar-refractivity contribution in [1.82, 2.24) is 4.98 Å². The van der Waals surface area contributed by atoms with Gasteiger partial charge in [-0.05, 0) is 31.9 Å². The number of Topliss-reactive ketones (excluding diaryl/α,β-unsaturated/α-hetero) is 1. The number of aromatic nitrogens is 1. The molecule has 0 aliphatic carbocycles. The van der Waals surface area contributed by atoms with Gasteiger partial charge < -0.3 is 4.90 Å². The van der Waals surface area contributed by atoms with E-state index < -0.39 is 0 Å². The first kappa shape index (κ1) is 13.8. The number of hydrogen-bond acceptors (Lipinski definition) is 3. The number of piperidine rings is 1. The van der Waals surface area contributed by atoms with E-state index in [9.17, 15) is 4.79 Å². The van der Waals surface area contributed by atoms with Crippen LogP contribution in [0.1, 0.15) is 28.9 Å². The first-order valence-corrected chi connectivity index (χ1v) is 7.52. The summed E-state index contributed by atoms with van der Waals surface area (Å²) < 4.78 is 0. The Hall–Kier alpha value is -2.16. The maximum atomic E-state index is 12.5. The Labute approximate surface area is 125 Å². The average molecular weight is 280 g/mol. The SMILES string of the molecule is Cc1cccc(N2CCC(C(=O)c3ccccc3)CC2)n1. The van der Waals surface area contributed by atoms with Gasteiger partial charge in [0.1, 0.15) is 5.82 Å². The van der Waals surface area contributed by atoms with Gasteiger partial charge in [0.25, 0.3) is 0 Å². The molecule has 0 bridgehead atoms. The van der Waals surface area contributed by atoms with Crippen molar-refractivity contribution in [3.63, 3.8) is 0 Å². The number of anilines is 1. The van der Waals surface area contributed by atoms with Gasteiger partial charge in [-0.25, -0.2) is 4.98 Å². The third kappa shape index (κ3) is 3.13. The normalized spacial score (nSPS) is 16.0. The van der Waals surface area contributed by atoms with E-state index in [1.807, 2.05) is 55.5 Å². The highest BCUT2D eigenvalue weighted by molar-refractivity contribution is 5.97. The predicted molar refractivity (Wildman–Crippen MR) is 84.7 cm³/mol. The number of rotatable bonds is 3. The number of carbonyl (C=O) groups excluding carboxylic acids is 1. The molecule has 108 valence electrons. The highest BCUT2D eigenvalue weighted by Gasteiger charge is 2.26. The summed E-state index contributed by atoms with van der Waals surface area (Å²) >= 11 is 0. The Morgan fingerprint density at radius 1 is 1.05 bits per heavy atom. The van der Waals surface area contributed by atoms with Gasteiger partial charge in [-0.1, -0.05) is 36.4 Å². The molecule has 1 aliphatic rings. The molecule has 3 nitrogen and oxygen atoms in total. The van der Waals surface area contributed by atoms with Crippen LogP contribution in [0.4, 0.5) is 5.82 Å². The molecule has 0 saturated carbocycles. The summed E-state index contributed by atoms with van der Waals surface area (Å²) in [4.78, 5) is 19.3. The van der Waals surface area contributed by atoms with Gasteiger partial charge in [0.05, 0.1) is 0 Å². The molecule has 0 amide bonds. The number of ketones is 1. The number of benzene rings is 1. The van der Waals surface area contributed by atoms with E-state index in [0.29, 0.717) is 0 Å². The van der Waals surface area contributed by atoms with Crippen LogP contribution in [0.25, 0.3) is 0 Å². The predicted octanol–water partition coefficient (Wildman–Crippen LogP) is 3.49. The van der Waals surface area contributed by atoms with Gasteiger partial charge >= 0.3 is 0 Å². The first-order valence-electron chi connectivity index (χ1n) is 7.52. The molecule has 3 rings (SSSR count). The standard InChI is InChI=1S/C18H20N2O/c1-14-6-5-9-17(19-14)20-12-10-16(11-13-20)18(21)15-7-3-2-4-8-15/h2-9,16H,10-13H2,1H3. The maximum Gasteiger partial charge on any atom is 0.166 e. The quantitative estimate of drug-likeness (QED) is 0.807. The van der Waals surface area contributed by atoms with E-state index in [2.05, 4.69) is 9.88 Å². The van der Waals surface area contributed by atoms with Crippen LogP contribution in [-0.4, -0.2) is 23.9 Å². The van der Waals surface area contributed by atoms with Crippen LogP contribution in [0.3, 0.4) is 0 Å². The van der Waals surface area contributed by atoms with Gasteiger partial charge in [0.2, 0.25) is 0 Å². The van der Waals surface area contributed by atoms with E-state index in [1.165, 1.54) is 0 Å². The topological polar surface area (TPSA) is 33.2 Å². The molecular formula is C18H20N2O. The summed E-state index contributed by atoms with van der Waals surface area (Å²) in [5.41, 5.74) is 1.87. The summed E-state index contributed by atoms with van der Waals surface area (Å²) in [5.74, 6) is 1.46. The number of aryl methyl sites for hydroxylation is 1. The summed E-state index contributed by atoms with van der Waals surface area (Å²) in [5, 5.41) is 0. The molecule has 3 heteroatoms. The second-order valence-corrected chi connectivity index (χ2v) is 5.63. The summed E-state index contributed by atoms with van der Waals surface area (Å²) in [7, 11) is 0. The van der Waals surface area contributed by atoms with Crippen molar-refractivity contribution in [1.29, 1.82) is 0 Å². The molecule has 21 heavy (non-hydrogen) atoms. The molecule has 0 spiro atoms. The Morgan fingerprint density at radius 3 is 2.43 bits per heavy atom. The molecule has 0 N–H and O–H groups in total. The van der Waals surface area contributed by atoms with Crippen LogP contribution < -0.4 is 4.90 Å². The second-order valence-electron chi connectivity index (χ2n) is 5.63. The van der Waals surface area contributed by atoms with E-state index in [0.717, 1.165) is 43.0 Å². The molecule has 1 saturated heterocycles. The number of pyridine rings is 1. The van der Waals surface area contributed by atoms with Gasteiger partial charge in [0, 0.05) is 30.3 Å². The van der Waals surface area contributed by atoms with Gasteiger partial charge in [-0.2, -0.15) is 0 Å². The summed E-state index contributed by atoms with van der Waals surface area (Å²) in [6.45, 7) is 3.81. The molecule has 0 atom stereocenters. The van der Waals surface area contributed by atoms with Crippen molar-refractivity contribution < 1.29 is 4.79 Å². The molecule has 0 unspecified atom stereocenters. The van der Waals surface area contributed by atoms with Gasteiger partial charge in [-0.3, -0.25) is 4.79 Å². The third-order valence-electron chi connectivity index (χ3n) is 4.12. The number of hydrogen-bond donors (Lipinski definition) is 0. The van der Waals surface area contributed by atoms with Crippen LogP contribution in [0.2, 0.25) is 0 Å². The van der Waals surface area contributed by atoms with Crippen molar-refractivity contribution in [3.05, 3.63) is 59.8 Å². The summed E-state index contributed by atoms with van der Waals surface area (Å²) in [6.07, 6.45) is 1.81. The Bertz CT molecular complexity index is 616. The lowest BCUT2D eigenvalue weighted by atomic mass is 9.89. The van der Waals surface area contributed by atoms with Gasteiger partial charge in [0.15, 0.2) is 5.78 Å². The molecule has 1 fully saturated rings. The molecular weight excluding hydrogens is 260 g/mol. The van der Waals surface area contributed by atoms with E-state index >= 15 is 0 Å². The van der Waals surface area contributed by atoms with Crippen LogP contribution in [-0.2, 0) is 0 Å². The lowest BCUT2D eigenvalue weighted by molar-refractivity contribution is 0.0900. The van der Waals surface area contributed by atoms with Crippen molar-refractivity contribution in [2.24, 2.45) is 5.92 Å². The van der Waals surface area contributed by atoms with Crippen LogP contribution in [0, 0.1) is 12.8 Å². The van der Waals surface area contributed by atoms with Crippen LogP contribution in [0.5, 0.6) is 0 Å². The lowest BCUT2D eigenvalue weighted by Gasteiger charge is -2.32. The minimum Gasteiger partial charge on any atom is -0.357 e. The van der Waals surface area contributed by atoms with Crippen LogP contribution >= 0.6 is 0 Å². The zero-order chi connectivity index (χ0) is 14.7. The van der Waals surface area contributed by atoms with Gasteiger partial charge in [-0.15, -0.1) is 0 Å². The molecule has 2 aromatic rings. The number of carbonyl (C=O) groups is 1. The zero-order valence-electron chi connectivity index (χ0n) is 12.3. The van der Waals surface area contributed by atoms with E-state index in [-0.39, 0.29) is 11.7 Å². The number of nitrogens with zero attached hydrogens (tertiary/aromatic N) is 2. The average Bonchev–Trinajstić information content (AvgIpc) is 2.55. The molecule has 1 aromatic carbocycles. The fourth-order valence-corrected chi connectivity index (χ4v) is 2.91. The Kier molecular flexibility index (Phi) is 4.00. The van der Waals surface area contributed by atoms with Crippen molar-refractivity contribution in [3.8, 4) is 0 Å². The Morgan fingerprint density at radius 2 is 1.76 bits per heavy atom. The molecule has 1 aliphatic heterocycles. The van der Waals surface area contributed by atoms with Crippen LogP contribution in [0.15, 0.2) is 48.5 Å². The summed E-state index contributed by atoms with van der Waals surface area (Å²) in [6, 6.07) is 15.7. The highest BCUT2D eigenvalue weighted by atomic mass is 16.1. The highest BCUT2D eigenvalue weighted by Crippen LogP contribution is 2.24. The Balaban J connectivity index is 1.64. The largest absolute Gasteiger partial charge is 0.357 e. The molecule has 2 heterocycles. The maximum absolute atomic E-state index is 12.5. The fraction of sp³-hybridized carbons (Fsp3) is 0.333. The first-order chi connectivity index (χ1) is 10.2. The third-order valence-corrected chi connectivity index (χ3v) is 4.12. The molecule has 1 aromatic heterocycles. The second kappa shape index (κ2) is 6.08. The fourth-order valence-electron chi connectivity index (χ4n) is 2.91. The zero-order valence-corrected chi connectivity index (χ0v) is 12.3.